The Labute approximate surface area is 170 Å². The zero-order chi connectivity index (χ0) is 22.1. The number of phenols is 1. The molecule has 0 radical (unpaired) electrons. The van der Waals surface area contributed by atoms with E-state index >= 15 is 0 Å². The second-order valence-corrected chi connectivity index (χ2v) is 8.65. The number of carbonyl (C=O) groups is 2. The van der Waals surface area contributed by atoms with Crippen molar-refractivity contribution in [2.45, 2.75) is 11.8 Å². The number of fused-ring (bicyclic) bond motifs is 1. The van der Waals surface area contributed by atoms with Crippen molar-refractivity contribution in [2.75, 3.05) is 29.1 Å². The van der Waals surface area contributed by atoms with Crippen LogP contribution in [0.1, 0.15) is 6.92 Å². The number of nitro benzene ring substituents is 1. The molecule has 11 nitrogen and oxygen atoms in total. The number of amides is 1. The first-order valence-electron chi connectivity index (χ1n) is 8.70. The molecule has 30 heavy (non-hydrogen) atoms. The number of carbonyl (C=O) groups excluding carboxylic acids is 2. The van der Waals surface area contributed by atoms with E-state index in [0.29, 0.717) is 5.69 Å². The van der Waals surface area contributed by atoms with Gasteiger partial charge in [0, 0.05) is 6.07 Å². The highest BCUT2D eigenvalue weighted by Gasteiger charge is 2.28. The van der Waals surface area contributed by atoms with Crippen LogP contribution in [0.4, 0.5) is 17.1 Å². The third-order valence-electron chi connectivity index (χ3n) is 4.35. The topological polar surface area (TPSA) is 156 Å². The van der Waals surface area contributed by atoms with Crippen LogP contribution in [0.3, 0.4) is 0 Å². The Morgan fingerprint density at radius 3 is 2.70 bits per heavy atom. The lowest BCUT2D eigenvalue weighted by molar-refractivity contribution is -0.384. The third-order valence-corrected chi connectivity index (χ3v) is 6.09. The predicted molar refractivity (Wildman–Crippen MR) is 105 cm³/mol. The lowest BCUT2D eigenvalue weighted by Crippen LogP contribution is -2.41. The lowest BCUT2D eigenvalue weighted by Gasteiger charge is -2.29. The number of rotatable bonds is 6. The minimum Gasteiger partial charge on any atom is -0.506 e. The summed E-state index contributed by atoms with van der Waals surface area (Å²) in [5.41, 5.74) is -0.0633. The molecule has 0 saturated carbocycles. The van der Waals surface area contributed by atoms with Crippen LogP contribution in [0.5, 0.6) is 11.5 Å². The minimum atomic E-state index is -3.55. The number of sulfone groups is 1. The molecule has 0 aliphatic carbocycles. The Morgan fingerprint density at radius 2 is 2.03 bits per heavy atom. The second-order valence-electron chi connectivity index (χ2n) is 6.37. The summed E-state index contributed by atoms with van der Waals surface area (Å²) in [6.07, 6.45) is 0. The molecule has 0 unspecified atom stereocenters. The van der Waals surface area contributed by atoms with Gasteiger partial charge in [0.05, 0.1) is 39.6 Å². The summed E-state index contributed by atoms with van der Waals surface area (Å²) in [5, 5.41) is 23.3. The molecule has 2 aromatic carbocycles. The molecule has 158 valence electrons. The fraction of sp³-hybridized carbons (Fsp3) is 0.222. The number of nitrogens with zero attached hydrogens (tertiary/aromatic N) is 2. The molecule has 0 aromatic heterocycles. The molecule has 0 atom stereocenters. The zero-order valence-corrected chi connectivity index (χ0v) is 16.5. The standard InChI is InChI=1S/C18H17N3O8S/c1-2-30(27,28)12-4-6-15(22)13(8-12)19-17(23)9-20-10-18(24)29-16-7-11(21(25)26)3-5-14(16)20/h3-8,22H,2,9-10H2,1H3,(H,19,23). The van der Waals surface area contributed by atoms with E-state index in [-0.39, 0.29) is 46.6 Å². The number of aromatic hydroxyl groups is 1. The molecule has 0 fully saturated rings. The lowest BCUT2D eigenvalue weighted by atomic mass is 10.2. The summed E-state index contributed by atoms with van der Waals surface area (Å²) in [7, 11) is -3.55. The Kier molecular flexibility index (Phi) is 5.60. The van der Waals surface area contributed by atoms with E-state index in [1.165, 1.54) is 30.0 Å². The van der Waals surface area contributed by atoms with Gasteiger partial charge in [0.1, 0.15) is 12.3 Å². The van der Waals surface area contributed by atoms with Gasteiger partial charge in [0.2, 0.25) is 5.91 Å². The van der Waals surface area contributed by atoms with Crippen molar-refractivity contribution < 1.29 is 32.8 Å². The van der Waals surface area contributed by atoms with Gasteiger partial charge < -0.3 is 20.1 Å². The van der Waals surface area contributed by atoms with E-state index < -0.39 is 26.6 Å². The molecule has 1 amide bonds. The van der Waals surface area contributed by atoms with Crippen LogP contribution < -0.4 is 15.0 Å². The van der Waals surface area contributed by atoms with Gasteiger partial charge in [-0.1, -0.05) is 6.92 Å². The number of nitro groups is 1. The summed E-state index contributed by atoms with van der Waals surface area (Å²) >= 11 is 0. The third kappa shape index (κ3) is 4.33. The van der Waals surface area contributed by atoms with Gasteiger partial charge in [-0.3, -0.25) is 14.9 Å². The number of nitrogens with one attached hydrogen (secondary N) is 1. The number of non-ortho nitro benzene ring substituents is 1. The van der Waals surface area contributed by atoms with E-state index in [1.807, 2.05) is 0 Å². The molecular formula is C18H17N3O8S. The van der Waals surface area contributed by atoms with Gasteiger partial charge in [0.25, 0.3) is 5.69 Å². The number of hydrogen-bond donors (Lipinski definition) is 2. The van der Waals surface area contributed by atoms with E-state index in [0.717, 1.165) is 18.2 Å². The Bertz CT molecular complexity index is 1150. The van der Waals surface area contributed by atoms with E-state index in [9.17, 15) is 33.2 Å². The Balaban J connectivity index is 1.82. The van der Waals surface area contributed by atoms with Gasteiger partial charge in [-0.05, 0) is 24.3 Å². The second kappa shape index (κ2) is 7.99. The number of anilines is 2. The maximum atomic E-state index is 12.5. The summed E-state index contributed by atoms with van der Waals surface area (Å²) in [4.78, 5) is 35.9. The van der Waals surface area contributed by atoms with E-state index in [2.05, 4.69) is 5.32 Å². The molecular weight excluding hydrogens is 418 g/mol. The fourth-order valence-electron chi connectivity index (χ4n) is 2.83. The van der Waals surface area contributed by atoms with E-state index in [4.69, 9.17) is 4.74 Å². The number of phenolic OH excluding ortho intramolecular Hbond substituents is 1. The van der Waals surface area contributed by atoms with Crippen LogP contribution in [0.25, 0.3) is 0 Å². The number of ether oxygens (including phenoxy) is 1. The predicted octanol–water partition coefficient (Wildman–Crippen LogP) is 1.46. The average molecular weight is 435 g/mol. The summed E-state index contributed by atoms with van der Waals surface area (Å²) in [5.74, 6) is -1.87. The van der Waals surface area contributed by atoms with E-state index in [1.54, 1.807) is 0 Å². The number of esters is 1. The fourth-order valence-corrected chi connectivity index (χ4v) is 3.74. The normalized spacial score (nSPS) is 13.4. The molecule has 1 aliphatic heterocycles. The monoisotopic (exact) mass is 435 g/mol. The molecule has 1 aliphatic rings. The van der Waals surface area contributed by atoms with Crippen LogP contribution in [0.15, 0.2) is 41.3 Å². The van der Waals surface area contributed by atoms with Crippen molar-refractivity contribution in [3.63, 3.8) is 0 Å². The van der Waals surface area contributed by atoms with Crippen LogP contribution >= 0.6 is 0 Å². The molecule has 2 aromatic rings. The molecule has 12 heteroatoms. The van der Waals surface area contributed by atoms with Crippen LogP contribution in [-0.2, 0) is 19.4 Å². The van der Waals surface area contributed by atoms with Crippen molar-refractivity contribution in [2.24, 2.45) is 0 Å². The van der Waals surface area contributed by atoms with Crippen molar-refractivity contribution in [3.05, 3.63) is 46.5 Å². The maximum absolute atomic E-state index is 12.5. The largest absolute Gasteiger partial charge is 0.506 e. The highest BCUT2D eigenvalue weighted by molar-refractivity contribution is 7.91. The van der Waals surface area contributed by atoms with Crippen LogP contribution in [-0.4, -0.2) is 49.2 Å². The Hall–Kier alpha value is -3.67. The summed E-state index contributed by atoms with van der Waals surface area (Å²) in [6, 6.07) is 7.20. The maximum Gasteiger partial charge on any atom is 0.331 e. The molecule has 0 spiro atoms. The Morgan fingerprint density at radius 1 is 1.30 bits per heavy atom. The van der Waals surface area contributed by atoms with Crippen LogP contribution in [0, 0.1) is 10.1 Å². The smallest absolute Gasteiger partial charge is 0.331 e. The zero-order valence-electron chi connectivity index (χ0n) is 15.7. The molecule has 2 N–H and O–H groups in total. The minimum absolute atomic E-state index is 0.0490. The molecule has 0 saturated heterocycles. The molecule has 0 bridgehead atoms. The average Bonchev–Trinajstić information content (AvgIpc) is 2.68. The van der Waals surface area contributed by atoms with Gasteiger partial charge >= 0.3 is 5.97 Å². The molecule has 3 rings (SSSR count). The highest BCUT2D eigenvalue weighted by atomic mass is 32.2. The van der Waals surface area contributed by atoms with Gasteiger partial charge in [-0.15, -0.1) is 0 Å². The molecule has 1 heterocycles. The van der Waals surface area contributed by atoms with Crippen molar-refractivity contribution in [1.82, 2.24) is 0 Å². The van der Waals surface area contributed by atoms with Gasteiger partial charge in [0.15, 0.2) is 15.6 Å². The van der Waals surface area contributed by atoms with Crippen molar-refractivity contribution in [1.29, 1.82) is 0 Å². The first-order valence-corrected chi connectivity index (χ1v) is 10.4. The summed E-state index contributed by atoms with van der Waals surface area (Å²) in [6.45, 7) is 0.857. The first kappa shape index (κ1) is 21.0. The van der Waals surface area contributed by atoms with Crippen molar-refractivity contribution in [3.8, 4) is 11.5 Å². The van der Waals surface area contributed by atoms with Crippen molar-refractivity contribution >= 4 is 38.8 Å². The van der Waals surface area contributed by atoms with Gasteiger partial charge in [-0.25, -0.2) is 13.2 Å². The summed E-state index contributed by atoms with van der Waals surface area (Å²) < 4.78 is 29.0. The number of hydrogen-bond acceptors (Lipinski definition) is 9. The van der Waals surface area contributed by atoms with Crippen LogP contribution in [0.2, 0.25) is 0 Å². The van der Waals surface area contributed by atoms with Gasteiger partial charge in [-0.2, -0.15) is 0 Å². The number of benzene rings is 2. The quantitative estimate of drug-likeness (QED) is 0.225. The first-order chi connectivity index (χ1) is 14.1. The SMILES string of the molecule is CCS(=O)(=O)c1ccc(O)c(NC(=O)CN2CC(=O)Oc3cc([N+](=O)[O-])ccc32)c1. The highest BCUT2D eigenvalue weighted by Crippen LogP contribution is 2.35.